The maximum Gasteiger partial charge on any atom is 0.261 e. The molecule has 0 saturated heterocycles. The van der Waals surface area contributed by atoms with E-state index in [0.717, 1.165) is 16.3 Å². The van der Waals surface area contributed by atoms with Crippen LogP contribution in [0.15, 0.2) is 54.6 Å². The van der Waals surface area contributed by atoms with Crippen molar-refractivity contribution in [3.63, 3.8) is 0 Å². The van der Waals surface area contributed by atoms with Crippen LogP contribution in [-0.2, 0) is 11.3 Å². The first-order chi connectivity index (χ1) is 14.6. The number of rotatable bonds is 9. The summed E-state index contributed by atoms with van der Waals surface area (Å²) in [4.78, 5) is 12.8. The van der Waals surface area contributed by atoms with Crippen LogP contribution in [0.25, 0.3) is 10.8 Å². The van der Waals surface area contributed by atoms with Crippen molar-refractivity contribution in [2.24, 2.45) is 0 Å². The maximum absolute atomic E-state index is 12.8. The van der Waals surface area contributed by atoms with Crippen LogP contribution < -0.4 is 24.3 Å². The van der Waals surface area contributed by atoms with Crippen molar-refractivity contribution >= 4 is 16.7 Å². The molecule has 1 amide bonds. The van der Waals surface area contributed by atoms with Crippen molar-refractivity contribution in [2.75, 3.05) is 21.3 Å². The number of hydrogen-bond acceptors (Lipinski definition) is 5. The third-order valence-corrected chi connectivity index (χ3v) is 4.90. The van der Waals surface area contributed by atoms with Gasteiger partial charge in [-0.25, -0.2) is 0 Å². The molecule has 30 heavy (non-hydrogen) atoms. The summed E-state index contributed by atoms with van der Waals surface area (Å²) < 4.78 is 22.2. The minimum Gasteiger partial charge on any atom is -0.493 e. The van der Waals surface area contributed by atoms with Gasteiger partial charge in [0.05, 0.1) is 21.3 Å². The minimum atomic E-state index is -0.600. The molecule has 3 rings (SSSR count). The third kappa shape index (κ3) is 4.59. The Kier molecular flexibility index (Phi) is 7.01. The summed E-state index contributed by atoms with van der Waals surface area (Å²) >= 11 is 0. The Morgan fingerprint density at radius 1 is 0.900 bits per heavy atom. The van der Waals surface area contributed by atoms with Gasteiger partial charge in [0.25, 0.3) is 5.91 Å². The molecule has 0 spiro atoms. The number of ether oxygens (including phenoxy) is 4. The SMILES string of the molecule is CCC(Oc1ccc2ccccc2c1)C(=O)NCc1ccc(OC)c(OC)c1OC. The molecule has 6 nitrogen and oxygen atoms in total. The van der Waals surface area contributed by atoms with E-state index in [4.69, 9.17) is 18.9 Å². The number of nitrogens with one attached hydrogen (secondary N) is 1. The Hall–Kier alpha value is -3.41. The average Bonchev–Trinajstić information content (AvgIpc) is 2.79. The Labute approximate surface area is 176 Å². The molecule has 6 heteroatoms. The number of carbonyl (C=O) groups excluding carboxylic acids is 1. The van der Waals surface area contributed by atoms with E-state index in [-0.39, 0.29) is 12.5 Å². The zero-order valence-corrected chi connectivity index (χ0v) is 17.7. The molecule has 1 unspecified atom stereocenters. The van der Waals surface area contributed by atoms with E-state index < -0.39 is 6.10 Å². The highest BCUT2D eigenvalue weighted by Gasteiger charge is 2.20. The Morgan fingerprint density at radius 3 is 2.30 bits per heavy atom. The Bertz CT molecular complexity index is 1020. The lowest BCUT2D eigenvalue weighted by Gasteiger charge is -2.19. The lowest BCUT2D eigenvalue weighted by Crippen LogP contribution is -2.37. The minimum absolute atomic E-state index is 0.192. The highest BCUT2D eigenvalue weighted by molar-refractivity contribution is 5.84. The molecule has 0 fully saturated rings. The second kappa shape index (κ2) is 9.87. The second-order valence-electron chi connectivity index (χ2n) is 6.73. The molecule has 158 valence electrons. The normalized spacial score (nSPS) is 11.6. The van der Waals surface area contributed by atoms with Crippen molar-refractivity contribution in [2.45, 2.75) is 26.0 Å². The quantitative estimate of drug-likeness (QED) is 0.570. The Balaban J connectivity index is 1.71. The van der Waals surface area contributed by atoms with Gasteiger partial charge in [0.2, 0.25) is 5.75 Å². The highest BCUT2D eigenvalue weighted by Crippen LogP contribution is 2.39. The molecule has 0 aliphatic heterocycles. The van der Waals surface area contributed by atoms with E-state index in [1.165, 1.54) is 0 Å². The van der Waals surface area contributed by atoms with E-state index in [9.17, 15) is 4.79 Å². The zero-order valence-electron chi connectivity index (χ0n) is 17.7. The summed E-state index contributed by atoms with van der Waals surface area (Å²) in [5.41, 5.74) is 0.782. The van der Waals surface area contributed by atoms with Crippen LogP contribution in [0.3, 0.4) is 0 Å². The average molecular weight is 409 g/mol. The lowest BCUT2D eigenvalue weighted by molar-refractivity contribution is -0.128. The van der Waals surface area contributed by atoms with Gasteiger partial charge in [-0.3, -0.25) is 4.79 Å². The van der Waals surface area contributed by atoms with E-state index in [1.54, 1.807) is 27.4 Å². The number of fused-ring (bicyclic) bond motifs is 1. The third-order valence-electron chi connectivity index (χ3n) is 4.90. The van der Waals surface area contributed by atoms with Gasteiger partial charge in [0.1, 0.15) is 5.75 Å². The largest absolute Gasteiger partial charge is 0.493 e. The molecular formula is C24H27NO5. The number of amides is 1. The first-order valence-electron chi connectivity index (χ1n) is 9.82. The lowest BCUT2D eigenvalue weighted by atomic mass is 10.1. The molecule has 0 heterocycles. The van der Waals surface area contributed by atoms with Gasteiger partial charge in [0, 0.05) is 12.1 Å². The molecular weight excluding hydrogens is 382 g/mol. The van der Waals surface area contributed by atoms with Gasteiger partial charge in [-0.15, -0.1) is 0 Å². The maximum atomic E-state index is 12.8. The monoisotopic (exact) mass is 409 g/mol. The van der Waals surface area contributed by atoms with E-state index in [1.807, 2.05) is 55.5 Å². The van der Waals surface area contributed by atoms with Crippen molar-refractivity contribution in [3.8, 4) is 23.0 Å². The van der Waals surface area contributed by atoms with Crippen molar-refractivity contribution in [1.82, 2.24) is 5.32 Å². The standard InChI is InChI=1S/C24H27NO5/c1-5-20(30-19-12-10-16-8-6-7-9-17(16)14-19)24(26)25-15-18-11-13-21(27-2)23(29-4)22(18)28-3/h6-14,20H,5,15H2,1-4H3,(H,25,26). The molecule has 0 aromatic heterocycles. The van der Waals surface area contributed by atoms with Crippen LogP contribution >= 0.6 is 0 Å². The fraction of sp³-hybridized carbons (Fsp3) is 0.292. The number of benzene rings is 3. The molecule has 0 aliphatic carbocycles. The van der Waals surface area contributed by atoms with Gasteiger partial charge in [0.15, 0.2) is 17.6 Å². The van der Waals surface area contributed by atoms with Crippen LogP contribution in [-0.4, -0.2) is 33.3 Å². The molecule has 3 aromatic carbocycles. The fourth-order valence-electron chi connectivity index (χ4n) is 3.33. The highest BCUT2D eigenvalue weighted by atomic mass is 16.5. The van der Waals surface area contributed by atoms with Crippen LogP contribution in [0.2, 0.25) is 0 Å². The van der Waals surface area contributed by atoms with E-state index >= 15 is 0 Å². The van der Waals surface area contributed by atoms with E-state index in [0.29, 0.717) is 29.4 Å². The number of hydrogen-bond donors (Lipinski definition) is 1. The van der Waals surface area contributed by atoms with Crippen molar-refractivity contribution < 1.29 is 23.7 Å². The van der Waals surface area contributed by atoms with E-state index in [2.05, 4.69) is 5.32 Å². The predicted molar refractivity (Wildman–Crippen MR) is 117 cm³/mol. The Morgan fingerprint density at radius 2 is 1.63 bits per heavy atom. The molecule has 0 aliphatic rings. The first-order valence-corrected chi connectivity index (χ1v) is 9.82. The van der Waals surface area contributed by atoms with Gasteiger partial charge in [-0.2, -0.15) is 0 Å². The second-order valence-corrected chi connectivity index (χ2v) is 6.73. The fourth-order valence-corrected chi connectivity index (χ4v) is 3.33. The summed E-state index contributed by atoms with van der Waals surface area (Å²) in [7, 11) is 4.67. The van der Waals surface area contributed by atoms with Gasteiger partial charge >= 0.3 is 0 Å². The molecule has 3 aromatic rings. The molecule has 1 atom stereocenters. The molecule has 1 N–H and O–H groups in total. The summed E-state index contributed by atoms with van der Waals surface area (Å²) in [5.74, 6) is 2.06. The first kappa shape index (κ1) is 21.3. The van der Waals surface area contributed by atoms with Crippen LogP contribution in [0.4, 0.5) is 0 Å². The van der Waals surface area contributed by atoms with Crippen LogP contribution in [0.5, 0.6) is 23.0 Å². The van der Waals surface area contributed by atoms with Gasteiger partial charge < -0.3 is 24.3 Å². The number of carbonyl (C=O) groups is 1. The van der Waals surface area contributed by atoms with Gasteiger partial charge in [-0.05, 0) is 41.5 Å². The zero-order chi connectivity index (χ0) is 21.5. The molecule has 0 bridgehead atoms. The summed E-state index contributed by atoms with van der Waals surface area (Å²) in [6.07, 6.45) is -0.0563. The molecule has 0 saturated carbocycles. The molecule has 0 radical (unpaired) electrons. The van der Waals surface area contributed by atoms with Crippen LogP contribution in [0.1, 0.15) is 18.9 Å². The summed E-state index contributed by atoms with van der Waals surface area (Å²) in [5, 5.41) is 5.13. The van der Waals surface area contributed by atoms with Crippen LogP contribution in [0, 0.1) is 0 Å². The smallest absolute Gasteiger partial charge is 0.261 e. The topological polar surface area (TPSA) is 66.0 Å². The summed E-state index contributed by atoms with van der Waals surface area (Å²) in [6.45, 7) is 2.20. The number of methoxy groups -OCH3 is 3. The van der Waals surface area contributed by atoms with Gasteiger partial charge in [-0.1, -0.05) is 37.3 Å². The van der Waals surface area contributed by atoms with Crippen molar-refractivity contribution in [3.05, 3.63) is 60.2 Å². The predicted octanol–water partition coefficient (Wildman–Crippen LogP) is 4.34. The summed E-state index contributed by atoms with van der Waals surface area (Å²) in [6, 6.07) is 17.5. The van der Waals surface area contributed by atoms with Crippen molar-refractivity contribution in [1.29, 1.82) is 0 Å².